The van der Waals surface area contributed by atoms with Crippen LogP contribution in [0.4, 0.5) is 0 Å². The van der Waals surface area contributed by atoms with Crippen LogP contribution in [0.15, 0.2) is 18.2 Å². The van der Waals surface area contributed by atoms with Crippen LogP contribution in [0.25, 0.3) is 0 Å². The van der Waals surface area contributed by atoms with Gasteiger partial charge in [-0.1, -0.05) is 11.6 Å². The maximum atomic E-state index is 9.05. The molecule has 13 heavy (non-hydrogen) atoms. The van der Waals surface area contributed by atoms with Gasteiger partial charge in [-0.15, -0.1) is 0 Å². The molecule has 0 spiro atoms. The van der Waals surface area contributed by atoms with Crippen molar-refractivity contribution in [1.29, 1.82) is 0 Å². The predicted octanol–water partition coefficient (Wildman–Crippen LogP) is 2.20. The van der Waals surface area contributed by atoms with E-state index in [0.717, 1.165) is 9.13 Å². The Bertz CT molecular complexity index is 269. The fourth-order valence-corrected chi connectivity index (χ4v) is 2.26. The molecule has 0 fully saturated rings. The molecular weight excluding hydrogens is 300 g/mol. The van der Waals surface area contributed by atoms with Gasteiger partial charge in [-0.05, 0) is 53.4 Å². The van der Waals surface area contributed by atoms with E-state index in [1.165, 1.54) is 0 Å². The lowest BCUT2D eigenvalue weighted by molar-refractivity contribution is 0.251. The van der Waals surface area contributed by atoms with E-state index in [-0.39, 0.29) is 12.6 Å². The minimum Gasteiger partial charge on any atom is -0.394 e. The Morgan fingerprint density at radius 3 is 2.69 bits per heavy atom. The van der Waals surface area contributed by atoms with Gasteiger partial charge in [0, 0.05) is 8.59 Å². The molecule has 2 N–H and O–H groups in total. The standard InChI is InChI=1S/C9H11ClINO/c1-12-9(5-13)6-2-7(10)4-8(11)3-6/h2-4,9,12-13H,5H2,1H3. The number of rotatable bonds is 3. The zero-order valence-corrected chi connectivity index (χ0v) is 10.1. The summed E-state index contributed by atoms with van der Waals surface area (Å²) in [6.07, 6.45) is 0. The smallest absolute Gasteiger partial charge is 0.0626 e. The van der Waals surface area contributed by atoms with E-state index in [9.17, 15) is 0 Å². The first-order valence-electron chi connectivity index (χ1n) is 3.91. The third-order valence-electron chi connectivity index (χ3n) is 1.82. The van der Waals surface area contributed by atoms with Gasteiger partial charge in [0.15, 0.2) is 0 Å². The van der Waals surface area contributed by atoms with Crippen molar-refractivity contribution in [3.05, 3.63) is 32.4 Å². The van der Waals surface area contributed by atoms with Gasteiger partial charge in [0.25, 0.3) is 0 Å². The summed E-state index contributed by atoms with van der Waals surface area (Å²) in [6, 6.07) is 5.72. The first kappa shape index (κ1) is 11.2. The van der Waals surface area contributed by atoms with Gasteiger partial charge in [-0.25, -0.2) is 0 Å². The second kappa shape index (κ2) is 5.14. The third-order valence-corrected chi connectivity index (χ3v) is 2.66. The Hall–Kier alpha value is 0.160. The lowest BCUT2D eigenvalue weighted by Crippen LogP contribution is -2.19. The van der Waals surface area contributed by atoms with Crippen LogP contribution in [0.2, 0.25) is 5.02 Å². The van der Waals surface area contributed by atoms with Gasteiger partial charge in [-0.2, -0.15) is 0 Å². The largest absolute Gasteiger partial charge is 0.394 e. The number of likely N-dealkylation sites (N-methyl/N-ethyl adjacent to an activating group) is 1. The van der Waals surface area contributed by atoms with Crippen molar-refractivity contribution in [3.63, 3.8) is 0 Å². The molecule has 1 aromatic rings. The molecule has 0 saturated carbocycles. The van der Waals surface area contributed by atoms with Crippen LogP contribution in [0.5, 0.6) is 0 Å². The van der Waals surface area contributed by atoms with Crippen LogP contribution >= 0.6 is 34.2 Å². The number of halogens is 2. The number of hydrogen-bond donors (Lipinski definition) is 2. The van der Waals surface area contributed by atoms with Crippen molar-refractivity contribution in [3.8, 4) is 0 Å². The van der Waals surface area contributed by atoms with Gasteiger partial charge >= 0.3 is 0 Å². The van der Waals surface area contributed by atoms with Crippen LogP contribution in [0.1, 0.15) is 11.6 Å². The van der Waals surface area contributed by atoms with E-state index in [0.29, 0.717) is 5.02 Å². The van der Waals surface area contributed by atoms with Crippen LogP contribution in [-0.4, -0.2) is 18.8 Å². The minimum absolute atomic E-state index is 0.0350. The topological polar surface area (TPSA) is 32.3 Å². The highest BCUT2D eigenvalue weighted by molar-refractivity contribution is 14.1. The summed E-state index contributed by atoms with van der Waals surface area (Å²) in [6.45, 7) is 0.0763. The van der Waals surface area contributed by atoms with Crippen LogP contribution in [0.3, 0.4) is 0 Å². The highest BCUT2D eigenvalue weighted by atomic mass is 127. The molecule has 72 valence electrons. The second-order valence-electron chi connectivity index (χ2n) is 2.73. The quantitative estimate of drug-likeness (QED) is 0.839. The average Bonchev–Trinajstić information content (AvgIpc) is 2.04. The first-order chi connectivity index (χ1) is 6.17. The van der Waals surface area contributed by atoms with E-state index < -0.39 is 0 Å². The molecule has 1 rings (SSSR count). The molecule has 1 unspecified atom stereocenters. The maximum absolute atomic E-state index is 9.05. The molecule has 0 bridgehead atoms. The van der Waals surface area contributed by atoms with Crippen molar-refractivity contribution < 1.29 is 5.11 Å². The molecular formula is C9H11ClINO. The molecule has 2 nitrogen and oxygen atoms in total. The van der Waals surface area contributed by atoms with Gasteiger partial charge in [0.2, 0.25) is 0 Å². The van der Waals surface area contributed by atoms with Crippen molar-refractivity contribution in [2.45, 2.75) is 6.04 Å². The molecule has 0 heterocycles. The lowest BCUT2D eigenvalue weighted by Gasteiger charge is -2.13. The van der Waals surface area contributed by atoms with E-state index in [1.54, 1.807) is 0 Å². The molecule has 0 aliphatic carbocycles. The number of nitrogens with one attached hydrogen (secondary N) is 1. The van der Waals surface area contributed by atoms with E-state index >= 15 is 0 Å². The molecule has 0 amide bonds. The highest BCUT2D eigenvalue weighted by Gasteiger charge is 2.08. The van der Waals surface area contributed by atoms with Gasteiger partial charge in [0.05, 0.1) is 12.6 Å². The summed E-state index contributed by atoms with van der Waals surface area (Å²) in [5.74, 6) is 0. The fourth-order valence-electron chi connectivity index (χ4n) is 1.14. The molecule has 0 saturated heterocycles. The summed E-state index contributed by atoms with van der Waals surface area (Å²) in [5.41, 5.74) is 1.02. The number of benzene rings is 1. The van der Waals surface area contributed by atoms with Gasteiger partial charge in [0.1, 0.15) is 0 Å². The van der Waals surface area contributed by atoms with Crippen molar-refractivity contribution in [2.75, 3.05) is 13.7 Å². The Morgan fingerprint density at radius 2 is 2.23 bits per heavy atom. The maximum Gasteiger partial charge on any atom is 0.0626 e. The first-order valence-corrected chi connectivity index (χ1v) is 5.37. The Kier molecular flexibility index (Phi) is 4.45. The van der Waals surface area contributed by atoms with E-state index in [4.69, 9.17) is 16.7 Å². The summed E-state index contributed by atoms with van der Waals surface area (Å²) < 4.78 is 1.08. The molecule has 0 radical (unpaired) electrons. The summed E-state index contributed by atoms with van der Waals surface area (Å²) in [4.78, 5) is 0. The van der Waals surface area contributed by atoms with Crippen molar-refractivity contribution in [2.24, 2.45) is 0 Å². The molecule has 4 heteroatoms. The molecule has 1 aromatic carbocycles. The summed E-state index contributed by atoms with van der Waals surface area (Å²) >= 11 is 8.10. The van der Waals surface area contributed by atoms with Crippen molar-refractivity contribution >= 4 is 34.2 Å². The minimum atomic E-state index is -0.0350. The van der Waals surface area contributed by atoms with E-state index in [1.807, 2.05) is 25.2 Å². The Labute approximate surface area is 96.4 Å². The van der Waals surface area contributed by atoms with Crippen LogP contribution in [-0.2, 0) is 0 Å². The highest BCUT2D eigenvalue weighted by Crippen LogP contribution is 2.21. The normalized spacial score (nSPS) is 12.9. The van der Waals surface area contributed by atoms with Gasteiger partial charge in [-0.3, -0.25) is 0 Å². The van der Waals surface area contributed by atoms with Gasteiger partial charge < -0.3 is 10.4 Å². The predicted molar refractivity (Wildman–Crippen MR) is 63.1 cm³/mol. The molecule has 1 atom stereocenters. The average molecular weight is 312 g/mol. The summed E-state index contributed by atoms with van der Waals surface area (Å²) in [7, 11) is 1.81. The third kappa shape index (κ3) is 3.09. The SMILES string of the molecule is CNC(CO)c1cc(Cl)cc(I)c1. The lowest BCUT2D eigenvalue weighted by atomic mass is 10.1. The number of hydrogen-bond acceptors (Lipinski definition) is 2. The van der Waals surface area contributed by atoms with E-state index in [2.05, 4.69) is 27.9 Å². The monoisotopic (exact) mass is 311 g/mol. The van der Waals surface area contributed by atoms with Crippen molar-refractivity contribution in [1.82, 2.24) is 5.32 Å². The number of aliphatic hydroxyl groups is 1. The van der Waals surface area contributed by atoms with Crippen LogP contribution < -0.4 is 5.32 Å². The van der Waals surface area contributed by atoms with Crippen LogP contribution in [0, 0.1) is 3.57 Å². The molecule has 0 aliphatic heterocycles. The second-order valence-corrected chi connectivity index (χ2v) is 4.41. The summed E-state index contributed by atoms with van der Waals surface area (Å²) in [5, 5.41) is 12.8. The molecule has 0 aliphatic rings. The number of aliphatic hydroxyl groups excluding tert-OH is 1. The zero-order chi connectivity index (χ0) is 9.84. The Balaban J connectivity index is 2.99. The Morgan fingerprint density at radius 1 is 1.54 bits per heavy atom. The zero-order valence-electron chi connectivity index (χ0n) is 7.22. The fraction of sp³-hybridized carbons (Fsp3) is 0.333. The molecule has 0 aromatic heterocycles.